The zero-order chi connectivity index (χ0) is 19.9. The highest BCUT2D eigenvalue weighted by Gasteiger charge is 2.46. The lowest BCUT2D eigenvalue weighted by Gasteiger charge is -2.30. The topological polar surface area (TPSA) is 67.0 Å². The van der Waals surface area contributed by atoms with Crippen LogP contribution in [0.25, 0.3) is 10.8 Å². The number of esters is 1. The van der Waals surface area contributed by atoms with Crippen LogP contribution >= 0.6 is 0 Å². The van der Waals surface area contributed by atoms with E-state index in [1.165, 1.54) is 6.20 Å². The van der Waals surface area contributed by atoms with Crippen LogP contribution in [0.15, 0.2) is 59.9 Å². The van der Waals surface area contributed by atoms with Crippen molar-refractivity contribution in [1.29, 1.82) is 0 Å². The predicted octanol–water partition coefficient (Wildman–Crippen LogP) is 4.50. The zero-order valence-corrected chi connectivity index (χ0v) is 14.8. The highest BCUT2D eigenvalue weighted by atomic mass is 19.4. The average Bonchev–Trinajstić information content (AvgIpc) is 3.14. The Morgan fingerprint density at radius 3 is 2.64 bits per heavy atom. The monoisotopic (exact) mass is 387 g/mol. The summed E-state index contributed by atoms with van der Waals surface area (Å²) in [4.78, 5) is 12.7. The van der Waals surface area contributed by atoms with Gasteiger partial charge in [0.2, 0.25) is 0 Å². The molecule has 2 heterocycles. The number of rotatable bonds is 3. The molecule has 0 saturated heterocycles. The van der Waals surface area contributed by atoms with Gasteiger partial charge in [-0.05, 0) is 23.3 Å². The number of hydrogen-bond donors (Lipinski definition) is 2. The normalized spacial score (nSPS) is 16.6. The van der Waals surface area contributed by atoms with E-state index < -0.39 is 29.3 Å². The van der Waals surface area contributed by atoms with Crippen molar-refractivity contribution in [2.45, 2.75) is 19.0 Å². The number of carbonyl (C=O) groups is 1. The van der Waals surface area contributed by atoms with Gasteiger partial charge in [-0.25, -0.2) is 4.79 Å². The number of benzene rings is 2. The van der Waals surface area contributed by atoms with Gasteiger partial charge in [0.15, 0.2) is 0 Å². The van der Waals surface area contributed by atoms with Crippen LogP contribution in [-0.4, -0.2) is 28.9 Å². The third-order valence-corrected chi connectivity index (χ3v) is 4.70. The summed E-state index contributed by atoms with van der Waals surface area (Å²) in [6.07, 6.45) is -3.34. The molecular formula is C20H16F3N3O2. The average molecular weight is 387 g/mol. The molecule has 4 rings (SSSR count). The van der Waals surface area contributed by atoms with E-state index in [9.17, 15) is 18.0 Å². The number of carbonyl (C=O) groups excluding carboxylic acids is 1. The molecule has 0 amide bonds. The molecule has 1 aliphatic rings. The molecule has 1 unspecified atom stereocenters. The Morgan fingerprint density at radius 1 is 1.14 bits per heavy atom. The second kappa shape index (κ2) is 6.70. The number of aromatic amines is 1. The predicted molar refractivity (Wildman–Crippen MR) is 97.7 cm³/mol. The summed E-state index contributed by atoms with van der Waals surface area (Å²) >= 11 is 0. The van der Waals surface area contributed by atoms with E-state index in [-0.39, 0.29) is 12.4 Å². The number of hydrogen-bond acceptors (Lipinski definition) is 4. The fraction of sp³-hybridized carbons (Fsp3) is 0.200. The maximum absolute atomic E-state index is 13.8. The minimum Gasteiger partial charge on any atom is -0.463 e. The van der Waals surface area contributed by atoms with E-state index in [2.05, 4.69) is 15.5 Å². The molecule has 8 heteroatoms. The van der Waals surface area contributed by atoms with Crippen molar-refractivity contribution in [2.75, 3.05) is 11.9 Å². The third kappa shape index (κ3) is 2.90. The number of aromatic nitrogens is 2. The van der Waals surface area contributed by atoms with Crippen LogP contribution in [-0.2, 0) is 9.53 Å². The highest BCUT2D eigenvalue weighted by Crippen LogP contribution is 2.46. The SMILES string of the molecule is CCOC(=O)C1=C(C(F)(F)F)Nc2[nH]ncc2C1c1cccc2ccccc12. The molecule has 2 aromatic carbocycles. The van der Waals surface area contributed by atoms with Gasteiger partial charge in [-0.2, -0.15) is 18.3 Å². The molecule has 0 saturated carbocycles. The molecule has 28 heavy (non-hydrogen) atoms. The van der Waals surface area contributed by atoms with Gasteiger partial charge < -0.3 is 10.1 Å². The Hall–Kier alpha value is -3.29. The van der Waals surface area contributed by atoms with Gasteiger partial charge in [-0.15, -0.1) is 0 Å². The summed E-state index contributed by atoms with van der Waals surface area (Å²) in [5.41, 5.74) is -0.584. The summed E-state index contributed by atoms with van der Waals surface area (Å²) in [6.45, 7) is 1.52. The van der Waals surface area contributed by atoms with Crippen molar-refractivity contribution >= 4 is 22.6 Å². The number of ether oxygens (including phenoxy) is 1. The minimum absolute atomic E-state index is 0.0338. The maximum atomic E-state index is 13.8. The van der Waals surface area contributed by atoms with Crippen molar-refractivity contribution in [3.63, 3.8) is 0 Å². The minimum atomic E-state index is -4.77. The molecular weight excluding hydrogens is 371 g/mol. The molecule has 0 radical (unpaired) electrons. The lowest BCUT2D eigenvalue weighted by Crippen LogP contribution is -2.32. The van der Waals surface area contributed by atoms with Gasteiger partial charge >= 0.3 is 12.1 Å². The highest BCUT2D eigenvalue weighted by molar-refractivity contribution is 5.97. The first kappa shape index (κ1) is 18.1. The summed E-state index contributed by atoms with van der Waals surface area (Å²) in [6, 6.07) is 12.7. The number of halogens is 3. The van der Waals surface area contributed by atoms with Crippen LogP contribution < -0.4 is 5.32 Å². The van der Waals surface area contributed by atoms with Gasteiger partial charge in [0, 0.05) is 11.5 Å². The number of nitrogens with one attached hydrogen (secondary N) is 2. The van der Waals surface area contributed by atoms with Crippen LogP contribution in [0.2, 0.25) is 0 Å². The Kier molecular flexibility index (Phi) is 4.33. The van der Waals surface area contributed by atoms with Crippen LogP contribution in [0.3, 0.4) is 0 Å². The van der Waals surface area contributed by atoms with Crippen LogP contribution in [0.4, 0.5) is 19.0 Å². The molecule has 0 bridgehead atoms. The van der Waals surface area contributed by atoms with E-state index >= 15 is 0 Å². The van der Waals surface area contributed by atoms with Crippen LogP contribution in [0, 0.1) is 0 Å². The van der Waals surface area contributed by atoms with Crippen LogP contribution in [0.1, 0.15) is 24.0 Å². The quantitative estimate of drug-likeness (QED) is 0.650. The first-order valence-corrected chi connectivity index (χ1v) is 8.68. The van der Waals surface area contributed by atoms with Gasteiger partial charge in [-0.1, -0.05) is 42.5 Å². The smallest absolute Gasteiger partial charge is 0.431 e. The Morgan fingerprint density at radius 2 is 1.89 bits per heavy atom. The molecule has 1 aromatic heterocycles. The van der Waals surface area contributed by atoms with Gasteiger partial charge in [-0.3, -0.25) is 5.10 Å². The molecule has 3 aromatic rings. The Bertz CT molecular complexity index is 1080. The number of anilines is 1. The number of fused-ring (bicyclic) bond motifs is 2. The van der Waals surface area contributed by atoms with E-state index in [1.807, 2.05) is 30.3 Å². The van der Waals surface area contributed by atoms with Crippen molar-refractivity contribution in [2.24, 2.45) is 0 Å². The molecule has 5 nitrogen and oxygen atoms in total. The summed E-state index contributed by atoms with van der Waals surface area (Å²) < 4.78 is 46.5. The Balaban J connectivity index is 2.04. The third-order valence-electron chi connectivity index (χ3n) is 4.70. The number of allylic oxidation sites excluding steroid dienone is 1. The standard InChI is InChI=1S/C20H16F3N3O2/c1-2-28-19(27)16-15(13-9-5-7-11-6-3-4-8-12(11)13)14-10-24-26-18(14)25-17(16)20(21,22)23/h3-10,15H,2H2,1H3,(H2,24,25,26). The second-order valence-corrected chi connectivity index (χ2v) is 6.33. The summed E-state index contributed by atoms with van der Waals surface area (Å²) in [7, 11) is 0. The lowest BCUT2D eigenvalue weighted by atomic mass is 9.80. The molecule has 0 aliphatic carbocycles. The van der Waals surface area contributed by atoms with E-state index in [4.69, 9.17) is 4.74 Å². The first-order chi connectivity index (χ1) is 13.4. The number of H-pyrrole nitrogens is 1. The molecule has 144 valence electrons. The van der Waals surface area contributed by atoms with Crippen molar-refractivity contribution in [3.05, 3.63) is 71.1 Å². The van der Waals surface area contributed by atoms with Crippen LogP contribution in [0.5, 0.6) is 0 Å². The molecule has 2 N–H and O–H groups in total. The second-order valence-electron chi connectivity index (χ2n) is 6.33. The van der Waals surface area contributed by atoms with E-state index in [1.54, 1.807) is 19.1 Å². The fourth-order valence-electron chi connectivity index (χ4n) is 3.58. The zero-order valence-electron chi connectivity index (χ0n) is 14.8. The van der Waals surface area contributed by atoms with Crippen molar-refractivity contribution in [3.8, 4) is 0 Å². The number of nitrogens with zero attached hydrogens (tertiary/aromatic N) is 1. The number of alkyl halides is 3. The van der Waals surface area contributed by atoms with E-state index in [0.29, 0.717) is 11.1 Å². The van der Waals surface area contributed by atoms with Gasteiger partial charge in [0.25, 0.3) is 0 Å². The molecule has 1 aliphatic heterocycles. The molecule has 0 fully saturated rings. The van der Waals surface area contributed by atoms with Crippen molar-refractivity contribution < 1.29 is 22.7 Å². The molecule has 0 spiro atoms. The first-order valence-electron chi connectivity index (χ1n) is 8.68. The van der Waals surface area contributed by atoms with Gasteiger partial charge in [0.1, 0.15) is 11.5 Å². The lowest BCUT2D eigenvalue weighted by molar-refractivity contribution is -0.140. The maximum Gasteiger partial charge on any atom is 0.431 e. The van der Waals surface area contributed by atoms with E-state index in [0.717, 1.165) is 10.8 Å². The molecule has 1 atom stereocenters. The fourth-order valence-corrected chi connectivity index (χ4v) is 3.58. The Labute approximate surface area is 158 Å². The van der Waals surface area contributed by atoms with Crippen molar-refractivity contribution in [1.82, 2.24) is 10.2 Å². The summed E-state index contributed by atoms with van der Waals surface area (Å²) in [5, 5.41) is 10.3. The van der Waals surface area contributed by atoms with Gasteiger partial charge in [0.05, 0.1) is 18.4 Å². The largest absolute Gasteiger partial charge is 0.463 e. The summed E-state index contributed by atoms with van der Waals surface area (Å²) in [5.74, 6) is -1.87.